The molecule has 1 aromatic carbocycles. The molecule has 0 aliphatic rings. The number of nitro groups is 1. The number of nitrogens with zero attached hydrogens (tertiary/aromatic N) is 1. The van der Waals surface area contributed by atoms with Crippen molar-refractivity contribution in [1.29, 1.82) is 0 Å². The van der Waals surface area contributed by atoms with E-state index < -0.39 is 20.9 Å². The van der Waals surface area contributed by atoms with Gasteiger partial charge >= 0.3 is 0 Å². The quantitative estimate of drug-likeness (QED) is 0.468. The summed E-state index contributed by atoms with van der Waals surface area (Å²) in [4.78, 5) is 9.78. The average molecular weight is 215 g/mol. The van der Waals surface area contributed by atoms with E-state index in [-0.39, 0.29) is 5.69 Å². The summed E-state index contributed by atoms with van der Waals surface area (Å²) in [6.07, 6.45) is 0. The van der Waals surface area contributed by atoms with Crippen molar-refractivity contribution in [2.45, 2.75) is 12.2 Å². The smallest absolute Gasteiger partial charge is 0.258 e. The largest absolute Gasteiger partial charge is 0.269 e. The van der Waals surface area contributed by atoms with Crippen molar-refractivity contribution >= 4 is 16.4 Å². The molecule has 0 N–H and O–H groups in total. The SMILES string of the molecule is CC(c1ccc([N+](=O)[O-])cc1)[SH](=O)=O. The Morgan fingerprint density at radius 2 is 1.79 bits per heavy atom. The molecule has 6 heteroatoms. The molecule has 1 aromatic rings. The Kier molecular flexibility index (Phi) is 3.19. The van der Waals surface area contributed by atoms with E-state index >= 15 is 0 Å². The monoisotopic (exact) mass is 215 g/mol. The van der Waals surface area contributed by atoms with Crippen molar-refractivity contribution in [3.05, 3.63) is 39.9 Å². The predicted molar refractivity (Wildman–Crippen MR) is 51.8 cm³/mol. The van der Waals surface area contributed by atoms with Crippen molar-refractivity contribution in [3.8, 4) is 0 Å². The average Bonchev–Trinajstić information content (AvgIpc) is 2.16. The van der Waals surface area contributed by atoms with Gasteiger partial charge in [0.25, 0.3) is 5.69 Å². The zero-order chi connectivity index (χ0) is 10.7. The summed E-state index contributed by atoms with van der Waals surface area (Å²) in [6, 6.07) is 5.50. The van der Waals surface area contributed by atoms with Crippen LogP contribution in [0.1, 0.15) is 17.7 Å². The van der Waals surface area contributed by atoms with Crippen LogP contribution in [0.3, 0.4) is 0 Å². The number of hydrogen-bond acceptors (Lipinski definition) is 4. The fourth-order valence-corrected chi connectivity index (χ4v) is 1.41. The van der Waals surface area contributed by atoms with E-state index in [1.807, 2.05) is 0 Å². The zero-order valence-electron chi connectivity index (χ0n) is 7.41. The molecular formula is C8H9NO4S. The van der Waals surface area contributed by atoms with Crippen molar-refractivity contribution in [2.24, 2.45) is 0 Å². The minimum absolute atomic E-state index is 0.0397. The lowest BCUT2D eigenvalue weighted by Gasteiger charge is -2.02. The van der Waals surface area contributed by atoms with Crippen LogP contribution in [-0.2, 0) is 10.7 Å². The van der Waals surface area contributed by atoms with Crippen LogP contribution in [0.5, 0.6) is 0 Å². The van der Waals surface area contributed by atoms with Crippen LogP contribution in [0.4, 0.5) is 5.69 Å². The van der Waals surface area contributed by atoms with Crippen LogP contribution in [0.15, 0.2) is 24.3 Å². The summed E-state index contributed by atoms with van der Waals surface area (Å²) >= 11 is 0. The third-order valence-corrected chi connectivity index (χ3v) is 2.83. The molecule has 0 fully saturated rings. The van der Waals surface area contributed by atoms with Gasteiger partial charge in [-0.2, -0.15) is 0 Å². The van der Waals surface area contributed by atoms with E-state index in [0.29, 0.717) is 5.56 Å². The van der Waals surface area contributed by atoms with E-state index in [4.69, 9.17) is 0 Å². The van der Waals surface area contributed by atoms with Crippen LogP contribution >= 0.6 is 0 Å². The third kappa shape index (κ3) is 2.29. The van der Waals surface area contributed by atoms with Gasteiger partial charge in [0.15, 0.2) is 0 Å². The molecule has 76 valence electrons. The molecule has 0 amide bonds. The highest BCUT2D eigenvalue weighted by Crippen LogP contribution is 2.19. The third-order valence-electron chi connectivity index (χ3n) is 1.90. The van der Waals surface area contributed by atoms with Crippen LogP contribution in [0, 0.1) is 10.1 Å². The van der Waals surface area contributed by atoms with E-state index in [9.17, 15) is 18.5 Å². The van der Waals surface area contributed by atoms with Gasteiger partial charge in [-0.3, -0.25) is 10.1 Å². The number of hydrogen-bond donors (Lipinski definition) is 1. The first-order chi connectivity index (χ1) is 6.52. The molecule has 0 bridgehead atoms. The topological polar surface area (TPSA) is 77.3 Å². The highest BCUT2D eigenvalue weighted by atomic mass is 32.2. The van der Waals surface area contributed by atoms with E-state index in [1.54, 1.807) is 0 Å². The van der Waals surface area contributed by atoms with Crippen molar-refractivity contribution in [2.75, 3.05) is 0 Å². The fraction of sp³-hybridized carbons (Fsp3) is 0.250. The molecule has 0 aromatic heterocycles. The summed E-state index contributed by atoms with van der Waals surface area (Å²) in [5.74, 6) is 0. The molecule has 0 radical (unpaired) electrons. The van der Waals surface area contributed by atoms with E-state index in [1.165, 1.54) is 31.2 Å². The molecule has 0 saturated heterocycles. The van der Waals surface area contributed by atoms with Gasteiger partial charge in [-0.05, 0) is 12.5 Å². The van der Waals surface area contributed by atoms with Gasteiger partial charge in [0.1, 0.15) is 10.7 Å². The predicted octanol–water partition coefficient (Wildman–Crippen LogP) is 1.27. The van der Waals surface area contributed by atoms with Gasteiger partial charge in [0.2, 0.25) is 0 Å². The number of rotatable bonds is 3. The second-order valence-electron chi connectivity index (χ2n) is 2.81. The first-order valence-corrected chi connectivity index (χ1v) is 5.15. The Labute approximate surface area is 82.5 Å². The number of benzene rings is 1. The first kappa shape index (κ1) is 10.6. The molecule has 0 aliphatic carbocycles. The van der Waals surface area contributed by atoms with E-state index in [0.717, 1.165) is 0 Å². The Morgan fingerprint density at radius 3 is 2.14 bits per heavy atom. The Balaban J connectivity index is 2.99. The Bertz CT molecular complexity index is 402. The molecule has 0 saturated carbocycles. The lowest BCUT2D eigenvalue weighted by Crippen LogP contribution is -1.95. The van der Waals surface area contributed by atoms with Gasteiger partial charge < -0.3 is 0 Å². The van der Waals surface area contributed by atoms with Crippen molar-refractivity contribution in [1.82, 2.24) is 0 Å². The standard InChI is InChI=1S/C8H9NO4S/c1-6(14(12)13)7-2-4-8(5-3-7)9(10)11/h2-6,14H,1H3. The number of nitro benzene ring substituents is 1. The van der Waals surface area contributed by atoms with E-state index in [2.05, 4.69) is 0 Å². The summed E-state index contributed by atoms with van der Waals surface area (Å²) < 4.78 is 21.2. The van der Waals surface area contributed by atoms with Gasteiger partial charge in [0.05, 0.1) is 10.2 Å². The fourth-order valence-electron chi connectivity index (χ4n) is 0.996. The lowest BCUT2D eigenvalue weighted by molar-refractivity contribution is -0.384. The van der Waals surface area contributed by atoms with Crippen LogP contribution in [-0.4, -0.2) is 13.3 Å². The van der Waals surface area contributed by atoms with Gasteiger partial charge in [0, 0.05) is 12.1 Å². The Hall–Kier alpha value is -1.43. The summed E-state index contributed by atoms with van der Waals surface area (Å²) in [6.45, 7) is 1.53. The summed E-state index contributed by atoms with van der Waals surface area (Å²) in [7, 11) is -2.53. The van der Waals surface area contributed by atoms with Crippen LogP contribution < -0.4 is 0 Å². The Morgan fingerprint density at radius 1 is 1.29 bits per heavy atom. The maximum atomic E-state index is 10.6. The normalized spacial score (nSPS) is 12.7. The minimum Gasteiger partial charge on any atom is -0.258 e. The number of thiol groups is 1. The number of non-ortho nitro benzene ring substituents is 1. The highest BCUT2D eigenvalue weighted by Gasteiger charge is 2.10. The van der Waals surface area contributed by atoms with Crippen molar-refractivity contribution < 1.29 is 13.3 Å². The maximum Gasteiger partial charge on any atom is 0.269 e. The molecule has 14 heavy (non-hydrogen) atoms. The second-order valence-corrected chi connectivity index (χ2v) is 4.16. The molecule has 0 heterocycles. The molecular weight excluding hydrogens is 206 g/mol. The zero-order valence-corrected chi connectivity index (χ0v) is 8.31. The van der Waals surface area contributed by atoms with Gasteiger partial charge in [-0.25, -0.2) is 8.42 Å². The summed E-state index contributed by atoms with van der Waals surface area (Å²) in [5, 5.41) is 9.70. The van der Waals surface area contributed by atoms with Crippen LogP contribution in [0.25, 0.3) is 0 Å². The van der Waals surface area contributed by atoms with Crippen LogP contribution in [0.2, 0.25) is 0 Å². The van der Waals surface area contributed by atoms with Gasteiger partial charge in [-0.1, -0.05) is 12.1 Å². The highest BCUT2D eigenvalue weighted by molar-refractivity contribution is 7.72. The molecule has 0 aliphatic heterocycles. The van der Waals surface area contributed by atoms with Crippen molar-refractivity contribution in [3.63, 3.8) is 0 Å². The minimum atomic E-state index is -2.53. The molecule has 5 nitrogen and oxygen atoms in total. The first-order valence-electron chi connectivity index (χ1n) is 3.90. The second kappa shape index (κ2) is 4.19. The lowest BCUT2D eigenvalue weighted by atomic mass is 10.1. The molecule has 1 rings (SSSR count). The van der Waals surface area contributed by atoms with Gasteiger partial charge in [-0.15, -0.1) is 0 Å². The molecule has 1 unspecified atom stereocenters. The molecule has 1 atom stereocenters. The molecule has 0 spiro atoms. The maximum absolute atomic E-state index is 10.6. The summed E-state index contributed by atoms with van der Waals surface area (Å²) in [5.41, 5.74) is 0.522.